The maximum absolute atomic E-state index is 12.1. The maximum atomic E-state index is 12.1. The third kappa shape index (κ3) is 1.12. The van der Waals surface area contributed by atoms with Crippen LogP contribution in [0, 0.1) is 11.3 Å². The zero-order chi connectivity index (χ0) is 12.5. The zero-order valence-electron chi connectivity index (χ0n) is 11.0. The van der Waals surface area contributed by atoms with Crippen molar-refractivity contribution in [3.8, 4) is 0 Å². The summed E-state index contributed by atoms with van der Waals surface area (Å²) in [4.78, 5) is 12.1. The third-order valence-electron chi connectivity index (χ3n) is 5.19. The lowest BCUT2D eigenvalue weighted by Gasteiger charge is -2.47. The van der Waals surface area contributed by atoms with Gasteiger partial charge in [-0.1, -0.05) is 19.1 Å². The molecule has 0 amide bonds. The first-order chi connectivity index (χ1) is 7.81. The van der Waals surface area contributed by atoms with E-state index in [4.69, 9.17) is 4.74 Å². The smallest absolute Gasteiger partial charge is 0.181 e. The molecule has 2 aliphatic carbocycles. The van der Waals surface area contributed by atoms with Crippen molar-refractivity contribution in [3.05, 3.63) is 23.8 Å². The molecule has 0 bridgehead atoms. The summed E-state index contributed by atoms with van der Waals surface area (Å²) in [5.41, 5.74) is 0.431. The molecule has 1 fully saturated rings. The summed E-state index contributed by atoms with van der Waals surface area (Å²) in [5, 5.41) is 0. The van der Waals surface area contributed by atoms with E-state index in [1.165, 1.54) is 0 Å². The minimum absolute atomic E-state index is 0.152. The Kier molecular flexibility index (Phi) is 1.92. The van der Waals surface area contributed by atoms with Crippen LogP contribution in [0.4, 0.5) is 0 Å². The number of allylic oxidation sites excluding steroid dienone is 2. The van der Waals surface area contributed by atoms with Crippen LogP contribution in [0.1, 0.15) is 40.5 Å². The number of ether oxygens (including phenoxy) is 1. The molecule has 1 heterocycles. The molecule has 1 saturated heterocycles. The first-order valence-electron chi connectivity index (χ1n) is 6.45. The largest absolute Gasteiger partial charge is 0.368 e. The fourth-order valence-corrected chi connectivity index (χ4v) is 4.30. The quantitative estimate of drug-likeness (QED) is 0.641. The van der Waals surface area contributed by atoms with E-state index in [0.29, 0.717) is 5.92 Å². The highest BCUT2D eigenvalue weighted by Crippen LogP contribution is 2.63. The summed E-state index contributed by atoms with van der Waals surface area (Å²) in [6.45, 7) is 8.67. The minimum atomic E-state index is -0.203. The van der Waals surface area contributed by atoms with E-state index in [-0.39, 0.29) is 22.4 Å². The monoisotopic (exact) mass is 232 g/mol. The molecular weight excluding hydrogens is 212 g/mol. The van der Waals surface area contributed by atoms with Gasteiger partial charge in [0.15, 0.2) is 5.78 Å². The van der Waals surface area contributed by atoms with Crippen LogP contribution in [0.5, 0.6) is 0 Å². The minimum Gasteiger partial charge on any atom is -0.368 e. The Bertz CT molecular complexity index is 458. The maximum Gasteiger partial charge on any atom is 0.181 e. The van der Waals surface area contributed by atoms with E-state index in [1.807, 2.05) is 0 Å². The van der Waals surface area contributed by atoms with Crippen molar-refractivity contribution in [1.82, 2.24) is 0 Å². The van der Waals surface area contributed by atoms with Gasteiger partial charge in [-0.05, 0) is 39.7 Å². The van der Waals surface area contributed by atoms with E-state index >= 15 is 0 Å². The summed E-state index contributed by atoms with van der Waals surface area (Å²) in [7, 11) is 0. The van der Waals surface area contributed by atoms with Gasteiger partial charge < -0.3 is 4.74 Å². The SMILES string of the molecule is CC1(C)OC2(C)CCC=C3C(=O)C=CC1C32C. The van der Waals surface area contributed by atoms with Gasteiger partial charge in [0.05, 0.1) is 11.2 Å². The first kappa shape index (κ1) is 11.2. The highest BCUT2D eigenvalue weighted by Gasteiger charge is 2.66. The average Bonchev–Trinajstić information content (AvgIpc) is 2.35. The van der Waals surface area contributed by atoms with Crippen LogP contribution in [0.25, 0.3) is 0 Å². The number of hydrogen-bond donors (Lipinski definition) is 0. The Labute approximate surface area is 103 Å². The fourth-order valence-electron chi connectivity index (χ4n) is 4.30. The number of ketones is 1. The molecule has 17 heavy (non-hydrogen) atoms. The number of rotatable bonds is 0. The molecule has 2 heteroatoms. The molecule has 1 aliphatic heterocycles. The molecule has 0 radical (unpaired) electrons. The van der Waals surface area contributed by atoms with Gasteiger partial charge in [-0.2, -0.15) is 0 Å². The van der Waals surface area contributed by atoms with Crippen molar-refractivity contribution >= 4 is 5.78 Å². The predicted octanol–water partition coefficient (Wildman–Crippen LogP) is 3.04. The van der Waals surface area contributed by atoms with Gasteiger partial charge in [0.2, 0.25) is 0 Å². The molecule has 92 valence electrons. The standard InChI is InChI=1S/C15H20O2/c1-13(2)12-8-7-11(16)10-6-5-9-14(3,17-13)15(10,12)4/h6-8,12H,5,9H2,1-4H3. The van der Waals surface area contributed by atoms with Crippen molar-refractivity contribution in [2.24, 2.45) is 11.3 Å². The molecule has 0 N–H and O–H groups in total. The van der Waals surface area contributed by atoms with Gasteiger partial charge in [0, 0.05) is 16.9 Å². The lowest BCUT2D eigenvalue weighted by Crippen LogP contribution is -2.49. The molecule has 3 unspecified atom stereocenters. The zero-order valence-corrected chi connectivity index (χ0v) is 11.0. The third-order valence-corrected chi connectivity index (χ3v) is 5.19. The second kappa shape index (κ2) is 2.92. The normalized spacial score (nSPS) is 46.7. The summed E-state index contributed by atoms with van der Waals surface area (Å²) >= 11 is 0. The Morgan fingerprint density at radius 1 is 1.29 bits per heavy atom. The summed E-state index contributed by atoms with van der Waals surface area (Å²) in [6, 6.07) is 0. The number of hydrogen-bond acceptors (Lipinski definition) is 2. The van der Waals surface area contributed by atoms with E-state index in [2.05, 4.69) is 39.8 Å². The molecule has 0 spiro atoms. The second-order valence-electron chi connectivity index (χ2n) is 6.50. The molecule has 2 nitrogen and oxygen atoms in total. The van der Waals surface area contributed by atoms with Gasteiger partial charge in [-0.25, -0.2) is 0 Å². The van der Waals surface area contributed by atoms with Crippen LogP contribution in [0.15, 0.2) is 23.8 Å². The molecule has 3 atom stereocenters. The summed E-state index contributed by atoms with van der Waals surface area (Å²) in [6.07, 6.45) is 7.89. The number of carbonyl (C=O) groups excluding carboxylic acids is 1. The van der Waals surface area contributed by atoms with Gasteiger partial charge in [0.1, 0.15) is 0 Å². The number of carbonyl (C=O) groups is 1. The van der Waals surface area contributed by atoms with Crippen LogP contribution in [-0.4, -0.2) is 17.0 Å². The van der Waals surface area contributed by atoms with Crippen LogP contribution in [0.3, 0.4) is 0 Å². The average molecular weight is 232 g/mol. The summed E-state index contributed by atoms with van der Waals surface area (Å²) in [5.74, 6) is 0.472. The van der Waals surface area contributed by atoms with E-state index in [9.17, 15) is 4.79 Å². The van der Waals surface area contributed by atoms with Gasteiger partial charge in [0.25, 0.3) is 0 Å². The Hall–Kier alpha value is -0.890. The van der Waals surface area contributed by atoms with Gasteiger partial charge in [-0.15, -0.1) is 0 Å². The van der Waals surface area contributed by atoms with Gasteiger partial charge in [-0.3, -0.25) is 4.79 Å². The van der Waals surface area contributed by atoms with Crippen molar-refractivity contribution in [2.75, 3.05) is 0 Å². The molecule has 3 rings (SSSR count). The summed E-state index contributed by atoms with van der Waals surface area (Å²) < 4.78 is 6.36. The highest BCUT2D eigenvalue weighted by molar-refractivity contribution is 6.06. The Balaban J connectivity index is 2.27. The molecule has 0 aromatic heterocycles. The molecular formula is C15H20O2. The van der Waals surface area contributed by atoms with Crippen LogP contribution in [0.2, 0.25) is 0 Å². The van der Waals surface area contributed by atoms with E-state index < -0.39 is 0 Å². The van der Waals surface area contributed by atoms with Crippen molar-refractivity contribution in [2.45, 2.75) is 51.7 Å². The predicted molar refractivity (Wildman–Crippen MR) is 66.6 cm³/mol. The first-order valence-corrected chi connectivity index (χ1v) is 6.45. The molecule has 3 aliphatic rings. The van der Waals surface area contributed by atoms with E-state index in [0.717, 1.165) is 18.4 Å². The van der Waals surface area contributed by atoms with Crippen molar-refractivity contribution < 1.29 is 9.53 Å². The van der Waals surface area contributed by atoms with Crippen LogP contribution < -0.4 is 0 Å². The van der Waals surface area contributed by atoms with Crippen LogP contribution >= 0.6 is 0 Å². The van der Waals surface area contributed by atoms with E-state index in [1.54, 1.807) is 6.08 Å². The molecule has 0 aromatic rings. The molecule has 0 saturated carbocycles. The van der Waals surface area contributed by atoms with Crippen molar-refractivity contribution in [1.29, 1.82) is 0 Å². The highest BCUT2D eigenvalue weighted by atomic mass is 16.5. The molecule has 0 aromatic carbocycles. The van der Waals surface area contributed by atoms with Gasteiger partial charge >= 0.3 is 0 Å². The topological polar surface area (TPSA) is 26.3 Å². The lowest BCUT2D eigenvalue weighted by atomic mass is 9.55. The lowest BCUT2D eigenvalue weighted by molar-refractivity contribution is -0.119. The van der Waals surface area contributed by atoms with Crippen molar-refractivity contribution in [3.63, 3.8) is 0 Å². The van der Waals surface area contributed by atoms with Crippen LogP contribution in [-0.2, 0) is 9.53 Å². The fraction of sp³-hybridized carbons (Fsp3) is 0.667. The Morgan fingerprint density at radius 2 is 2.00 bits per heavy atom. The second-order valence-corrected chi connectivity index (χ2v) is 6.50. The Morgan fingerprint density at radius 3 is 2.71 bits per heavy atom.